The highest BCUT2D eigenvalue weighted by Crippen LogP contribution is 2.42. The molecule has 0 amide bonds. The molecule has 0 bridgehead atoms. The second kappa shape index (κ2) is 6.95. The summed E-state index contributed by atoms with van der Waals surface area (Å²) in [7, 11) is 3.08. The lowest BCUT2D eigenvalue weighted by Crippen LogP contribution is -2.12. The summed E-state index contributed by atoms with van der Waals surface area (Å²) in [6, 6.07) is 9.40. The Hall–Kier alpha value is -2.49. The summed E-state index contributed by atoms with van der Waals surface area (Å²) < 4.78 is 16.9. The maximum Gasteiger partial charge on any atom is 0.203 e. The molecule has 0 unspecified atom stereocenters. The van der Waals surface area contributed by atoms with E-state index in [0.29, 0.717) is 22.8 Å². The number of carbonyl (C=O) groups is 1. The Morgan fingerprint density at radius 1 is 0.917 bits per heavy atom. The van der Waals surface area contributed by atoms with Gasteiger partial charge >= 0.3 is 0 Å². The van der Waals surface area contributed by atoms with Crippen LogP contribution < -0.4 is 14.2 Å². The number of hydrogen-bond acceptors (Lipinski definition) is 4. The highest BCUT2D eigenvalue weighted by atomic mass is 16.5. The van der Waals surface area contributed by atoms with Crippen molar-refractivity contribution in [2.24, 2.45) is 0 Å². The molecule has 0 N–H and O–H groups in total. The van der Waals surface area contributed by atoms with Crippen molar-refractivity contribution in [3.63, 3.8) is 0 Å². The van der Waals surface area contributed by atoms with Gasteiger partial charge in [-0.05, 0) is 36.1 Å². The van der Waals surface area contributed by atoms with Crippen LogP contribution in [-0.4, -0.2) is 20.5 Å². The van der Waals surface area contributed by atoms with Gasteiger partial charge in [-0.15, -0.1) is 0 Å². The summed E-state index contributed by atoms with van der Waals surface area (Å²) in [5.74, 6) is 2.12. The first kappa shape index (κ1) is 17.9. The van der Waals surface area contributed by atoms with E-state index in [9.17, 15) is 4.79 Å². The first-order valence-corrected chi connectivity index (χ1v) is 7.80. The normalized spacial score (nSPS) is 11.1. The molecule has 0 saturated carbocycles. The van der Waals surface area contributed by atoms with Crippen LogP contribution in [0.15, 0.2) is 30.3 Å². The van der Waals surface area contributed by atoms with Gasteiger partial charge in [0.05, 0.1) is 14.2 Å². The van der Waals surface area contributed by atoms with Crippen LogP contribution >= 0.6 is 0 Å². The quantitative estimate of drug-likeness (QED) is 0.731. The number of ether oxygens (including phenoxy) is 3. The molecule has 0 radical (unpaired) electrons. The van der Waals surface area contributed by atoms with Crippen LogP contribution in [0.5, 0.6) is 23.0 Å². The summed E-state index contributed by atoms with van der Waals surface area (Å²) in [5.41, 5.74) is 2.55. The molecule has 2 aromatic carbocycles. The van der Waals surface area contributed by atoms with E-state index in [2.05, 4.69) is 32.9 Å². The van der Waals surface area contributed by atoms with E-state index in [1.807, 2.05) is 13.0 Å². The van der Waals surface area contributed by atoms with Gasteiger partial charge in [-0.1, -0.05) is 32.9 Å². The van der Waals surface area contributed by atoms with Gasteiger partial charge in [-0.25, -0.2) is 0 Å². The fourth-order valence-electron chi connectivity index (χ4n) is 2.55. The van der Waals surface area contributed by atoms with Gasteiger partial charge in [-0.2, -0.15) is 0 Å². The largest absolute Gasteiger partial charge is 0.493 e. The van der Waals surface area contributed by atoms with Crippen molar-refractivity contribution in [2.45, 2.75) is 33.1 Å². The zero-order valence-electron chi connectivity index (χ0n) is 15.1. The number of benzene rings is 2. The third-order valence-electron chi connectivity index (χ3n) is 3.77. The van der Waals surface area contributed by atoms with Gasteiger partial charge in [0, 0.05) is 11.1 Å². The Morgan fingerprint density at radius 3 is 2.12 bits per heavy atom. The Bertz CT molecular complexity index is 742. The average Bonchev–Trinajstić information content (AvgIpc) is 2.52. The molecule has 128 valence electrons. The van der Waals surface area contributed by atoms with Gasteiger partial charge in [0.1, 0.15) is 12.0 Å². The van der Waals surface area contributed by atoms with Gasteiger partial charge < -0.3 is 14.2 Å². The molecular formula is C20H24O4. The molecule has 0 aliphatic carbocycles. The highest BCUT2D eigenvalue weighted by Gasteiger charge is 2.21. The minimum atomic E-state index is -0.0807. The van der Waals surface area contributed by atoms with E-state index in [4.69, 9.17) is 14.2 Å². The maximum absolute atomic E-state index is 11.2. The topological polar surface area (TPSA) is 44.8 Å². The molecule has 24 heavy (non-hydrogen) atoms. The molecule has 0 fully saturated rings. The van der Waals surface area contributed by atoms with Gasteiger partial charge in [0.2, 0.25) is 5.75 Å². The maximum atomic E-state index is 11.2. The summed E-state index contributed by atoms with van der Waals surface area (Å²) >= 11 is 0. The molecular weight excluding hydrogens is 304 g/mol. The lowest BCUT2D eigenvalue weighted by Gasteiger charge is -2.24. The van der Waals surface area contributed by atoms with Crippen LogP contribution in [0.3, 0.4) is 0 Å². The van der Waals surface area contributed by atoms with Crippen molar-refractivity contribution in [3.05, 3.63) is 47.0 Å². The fraction of sp³-hybridized carbons (Fsp3) is 0.350. The smallest absolute Gasteiger partial charge is 0.203 e. The first-order chi connectivity index (χ1) is 11.3. The van der Waals surface area contributed by atoms with E-state index in [1.165, 1.54) is 7.11 Å². The standard InChI is InChI=1S/C20H24O4/c1-13-7-8-15(20(2,3)4)16(9-13)24-18-11-14(12-21)10-17(22-5)19(18)23-6/h7-12H,1-6H3. The van der Waals surface area contributed by atoms with Crippen LogP contribution in [-0.2, 0) is 5.41 Å². The van der Waals surface area contributed by atoms with Crippen molar-refractivity contribution in [3.8, 4) is 23.0 Å². The first-order valence-electron chi connectivity index (χ1n) is 7.80. The number of rotatable bonds is 5. The average molecular weight is 328 g/mol. The van der Waals surface area contributed by atoms with Crippen LogP contribution in [0.2, 0.25) is 0 Å². The Labute approximate surface area is 143 Å². The number of methoxy groups -OCH3 is 2. The molecule has 0 aliphatic heterocycles. The van der Waals surface area contributed by atoms with Gasteiger partial charge in [0.15, 0.2) is 11.5 Å². The zero-order valence-corrected chi connectivity index (χ0v) is 15.1. The summed E-state index contributed by atoms with van der Waals surface area (Å²) in [6.07, 6.45) is 0.760. The molecule has 4 nitrogen and oxygen atoms in total. The third-order valence-corrected chi connectivity index (χ3v) is 3.77. The predicted molar refractivity (Wildman–Crippen MR) is 94.9 cm³/mol. The zero-order chi connectivity index (χ0) is 17.9. The Balaban J connectivity index is 2.59. The lowest BCUT2D eigenvalue weighted by molar-refractivity contribution is 0.112. The predicted octanol–water partition coefficient (Wildman–Crippen LogP) is 4.91. The van der Waals surface area contributed by atoms with Crippen LogP contribution in [0.25, 0.3) is 0 Å². The summed E-state index contributed by atoms with van der Waals surface area (Å²) in [4.78, 5) is 11.2. The van der Waals surface area contributed by atoms with Crippen LogP contribution in [0.4, 0.5) is 0 Å². The molecule has 0 atom stereocenters. The van der Waals surface area contributed by atoms with Crippen molar-refractivity contribution < 1.29 is 19.0 Å². The number of hydrogen-bond donors (Lipinski definition) is 0. The van der Waals surface area contributed by atoms with E-state index in [-0.39, 0.29) is 5.41 Å². The number of aldehydes is 1. The van der Waals surface area contributed by atoms with E-state index in [1.54, 1.807) is 19.2 Å². The van der Waals surface area contributed by atoms with E-state index < -0.39 is 0 Å². The Kier molecular flexibility index (Phi) is 5.17. The molecule has 2 aromatic rings. The third kappa shape index (κ3) is 3.70. The second-order valence-electron chi connectivity index (χ2n) is 6.72. The molecule has 0 aromatic heterocycles. The van der Waals surface area contributed by atoms with Crippen molar-refractivity contribution in [2.75, 3.05) is 14.2 Å². The van der Waals surface area contributed by atoms with Crippen molar-refractivity contribution >= 4 is 6.29 Å². The van der Waals surface area contributed by atoms with Crippen LogP contribution in [0, 0.1) is 6.92 Å². The summed E-state index contributed by atoms with van der Waals surface area (Å²) in [6.45, 7) is 8.40. The fourth-order valence-corrected chi connectivity index (χ4v) is 2.55. The lowest BCUT2D eigenvalue weighted by atomic mass is 9.86. The van der Waals surface area contributed by atoms with Gasteiger partial charge in [0.25, 0.3) is 0 Å². The molecule has 2 rings (SSSR count). The SMILES string of the molecule is COc1cc(C=O)cc(Oc2cc(C)ccc2C(C)(C)C)c1OC. The van der Waals surface area contributed by atoms with E-state index in [0.717, 1.165) is 23.2 Å². The molecule has 0 spiro atoms. The highest BCUT2D eigenvalue weighted by molar-refractivity contribution is 5.78. The number of aryl methyl sites for hydroxylation is 1. The summed E-state index contributed by atoms with van der Waals surface area (Å²) in [5, 5.41) is 0. The van der Waals surface area contributed by atoms with E-state index >= 15 is 0 Å². The van der Waals surface area contributed by atoms with Gasteiger partial charge in [-0.3, -0.25) is 4.79 Å². The molecule has 4 heteroatoms. The van der Waals surface area contributed by atoms with Crippen molar-refractivity contribution in [1.29, 1.82) is 0 Å². The minimum absolute atomic E-state index is 0.0807. The minimum Gasteiger partial charge on any atom is -0.493 e. The molecule has 0 aliphatic rings. The molecule has 0 saturated heterocycles. The molecule has 0 heterocycles. The Morgan fingerprint density at radius 2 is 1.58 bits per heavy atom. The number of carbonyl (C=O) groups excluding carboxylic acids is 1. The van der Waals surface area contributed by atoms with Crippen molar-refractivity contribution in [1.82, 2.24) is 0 Å². The van der Waals surface area contributed by atoms with Crippen LogP contribution in [0.1, 0.15) is 42.3 Å². The monoisotopic (exact) mass is 328 g/mol. The second-order valence-corrected chi connectivity index (χ2v) is 6.72.